The van der Waals surface area contributed by atoms with Gasteiger partial charge in [-0.1, -0.05) is 6.07 Å². The third kappa shape index (κ3) is 4.30. The number of hydrogen-bond donors (Lipinski definition) is 2. The molecule has 0 radical (unpaired) electrons. The molecule has 2 aromatic heterocycles. The molecular formula is C20H23F4N5S. The summed E-state index contributed by atoms with van der Waals surface area (Å²) in [5.74, 6) is 0. The zero-order chi connectivity index (χ0) is 21.5. The van der Waals surface area contributed by atoms with E-state index in [-0.39, 0.29) is 12.6 Å². The summed E-state index contributed by atoms with van der Waals surface area (Å²) < 4.78 is 55.8. The molecule has 0 amide bonds. The highest BCUT2D eigenvalue weighted by Crippen LogP contribution is 2.37. The number of nitrogens with zero attached hydrogens (tertiary/aromatic N) is 3. The Labute approximate surface area is 175 Å². The van der Waals surface area contributed by atoms with E-state index in [1.165, 1.54) is 15.9 Å². The largest absolute Gasteiger partial charge is 0.406 e. The molecule has 1 unspecified atom stereocenters. The Balaban J connectivity index is 1.77. The summed E-state index contributed by atoms with van der Waals surface area (Å²) in [5, 5.41) is 4.33. The first-order valence-corrected chi connectivity index (χ1v) is 10.5. The normalized spacial score (nSPS) is 20.7. The molecule has 0 aliphatic carbocycles. The first-order chi connectivity index (χ1) is 14.2. The molecular weight excluding hydrogens is 418 g/mol. The van der Waals surface area contributed by atoms with Gasteiger partial charge in [0, 0.05) is 41.8 Å². The Morgan fingerprint density at radius 2 is 2.13 bits per heavy atom. The van der Waals surface area contributed by atoms with E-state index in [0.717, 1.165) is 11.4 Å². The number of rotatable bonds is 5. The van der Waals surface area contributed by atoms with Gasteiger partial charge in [0.05, 0.1) is 17.3 Å². The van der Waals surface area contributed by atoms with Crippen LogP contribution < -0.4 is 11.1 Å². The van der Waals surface area contributed by atoms with Crippen LogP contribution in [0.15, 0.2) is 30.5 Å². The fraction of sp³-hybridized carbons (Fsp3) is 0.450. The number of nitrogens with two attached hydrogens (primary N) is 1. The van der Waals surface area contributed by atoms with Crippen LogP contribution in [0.2, 0.25) is 0 Å². The van der Waals surface area contributed by atoms with Crippen LogP contribution >= 0.6 is 11.3 Å². The Morgan fingerprint density at radius 1 is 1.33 bits per heavy atom. The van der Waals surface area contributed by atoms with E-state index >= 15 is 0 Å². The molecule has 1 aliphatic rings. The van der Waals surface area contributed by atoms with Crippen molar-refractivity contribution < 1.29 is 17.6 Å². The van der Waals surface area contributed by atoms with E-state index in [1.807, 2.05) is 11.9 Å². The summed E-state index contributed by atoms with van der Waals surface area (Å²) in [7, 11) is 1.87. The maximum Gasteiger partial charge on any atom is 0.406 e. The highest BCUT2D eigenvalue weighted by molar-refractivity contribution is 7.15. The van der Waals surface area contributed by atoms with Crippen molar-refractivity contribution in [2.24, 2.45) is 5.73 Å². The fourth-order valence-corrected chi connectivity index (χ4v) is 4.69. The molecule has 162 valence electrons. The predicted molar refractivity (Wildman–Crippen MR) is 111 cm³/mol. The summed E-state index contributed by atoms with van der Waals surface area (Å²) in [4.78, 5) is 6.99. The molecule has 3 aromatic rings. The first-order valence-electron chi connectivity index (χ1n) is 9.68. The van der Waals surface area contributed by atoms with E-state index in [4.69, 9.17) is 5.73 Å². The quantitative estimate of drug-likeness (QED) is 0.582. The minimum Gasteiger partial charge on any atom is -0.379 e. The van der Waals surface area contributed by atoms with Crippen LogP contribution in [0, 0.1) is 0 Å². The van der Waals surface area contributed by atoms with Crippen LogP contribution in [-0.2, 0) is 13.1 Å². The van der Waals surface area contributed by atoms with Gasteiger partial charge in [0.1, 0.15) is 17.7 Å². The van der Waals surface area contributed by atoms with Gasteiger partial charge < -0.3 is 20.5 Å². The molecule has 5 nitrogen and oxygen atoms in total. The number of piperidine rings is 1. The molecule has 0 saturated carbocycles. The molecule has 0 spiro atoms. The van der Waals surface area contributed by atoms with Gasteiger partial charge in [-0.25, -0.2) is 9.37 Å². The number of fused-ring (bicyclic) bond motifs is 1. The van der Waals surface area contributed by atoms with Crippen LogP contribution in [0.4, 0.5) is 23.2 Å². The van der Waals surface area contributed by atoms with E-state index in [2.05, 4.69) is 10.3 Å². The van der Waals surface area contributed by atoms with Crippen molar-refractivity contribution >= 4 is 27.9 Å². The molecule has 1 aromatic carbocycles. The number of aromatic nitrogens is 2. The van der Waals surface area contributed by atoms with Gasteiger partial charge in [-0.3, -0.25) is 0 Å². The molecule has 2 atom stereocenters. The molecule has 3 heterocycles. The average Bonchev–Trinajstić information content (AvgIpc) is 3.28. The van der Waals surface area contributed by atoms with Crippen LogP contribution in [0.1, 0.15) is 11.3 Å². The molecule has 1 fully saturated rings. The number of benzene rings is 1. The van der Waals surface area contributed by atoms with Gasteiger partial charge in [0.2, 0.25) is 0 Å². The lowest BCUT2D eigenvalue weighted by atomic mass is 10.0. The van der Waals surface area contributed by atoms with Crippen LogP contribution in [-0.4, -0.2) is 53.0 Å². The number of nitrogens with one attached hydrogen (secondary N) is 1. The molecule has 0 bridgehead atoms. The highest BCUT2D eigenvalue weighted by Gasteiger charge is 2.32. The Kier molecular flexibility index (Phi) is 5.73. The van der Waals surface area contributed by atoms with Gasteiger partial charge in [-0.2, -0.15) is 13.2 Å². The van der Waals surface area contributed by atoms with Gasteiger partial charge >= 0.3 is 6.18 Å². The highest BCUT2D eigenvalue weighted by atomic mass is 32.1. The summed E-state index contributed by atoms with van der Waals surface area (Å²) in [6.45, 7) is 0.231. The Morgan fingerprint density at radius 3 is 2.80 bits per heavy atom. The average molecular weight is 441 g/mol. The van der Waals surface area contributed by atoms with E-state index < -0.39 is 18.9 Å². The minimum atomic E-state index is -4.39. The SMILES string of the molecule is CN1CCC(Nc2cccc3c2cc(-c2ncc(CN)s2)n3CC(F)(F)F)[C@@H](F)C1. The molecule has 10 heteroatoms. The maximum absolute atomic E-state index is 14.5. The Bertz CT molecular complexity index is 1030. The molecule has 30 heavy (non-hydrogen) atoms. The number of alkyl halides is 4. The van der Waals surface area contributed by atoms with Crippen molar-refractivity contribution in [2.45, 2.75) is 37.9 Å². The van der Waals surface area contributed by atoms with Gasteiger partial charge in [0.15, 0.2) is 0 Å². The lowest BCUT2D eigenvalue weighted by Gasteiger charge is -2.33. The standard InChI is InChI=1S/C20H23F4N5S/c1-28-6-5-16(14(21)10-28)27-15-3-2-4-17-13(15)7-18(29(17)11-20(22,23)24)19-26-9-12(8-25)30-19/h2-4,7,9,14,16,27H,5-6,8,10-11,25H2,1H3/t14-,16?/m0/s1. The zero-order valence-corrected chi connectivity index (χ0v) is 17.2. The van der Waals surface area contributed by atoms with Crippen molar-refractivity contribution in [2.75, 3.05) is 25.5 Å². The Hall–Kier alpha value is -2.17. The zero-order valence-electron chi connectivity index (χ0n) is 16.4. The van der Waals surface area contributed by atoms with Gasteiger partial charge in [0.25, 0.3) is 0 Å². The fourth-order valence-electron chi connectivity index (χ4n) is 3.88. The van der Waals surface area contributed by atoms with Crippen molar-refractivity contribution in [3.8, 4) is 10.7 Å². The summed E-state index contributed by atoms with van der Waals surface area (Å²) in [5.41, 5.74) is 7.08. The van der Waals surface area contributed by atoms with E-state index in [0.29, 0.717) is 40.3 Å². The third-order valence-corrected chi connectivity index (χ3v) is 6.38. The minimum absolute atomic E-state index is 0.276. The summed E-state index contributed by atoms with van der Waals surface area (Å²) >= 11 is 1.27. The maximum atomic E-state index is 14.5. The van der Waals surface area contributed by atoms with Crippen molar-refractivity contribution in [3.63, 3.8) is 0 Å². The smallest absolute Gasteiger partial charge is 0.379 e. The number of likely N-dealkylation sites (tertiary alicyclic amines) is 1. The van der Waals surface area contributed by atoms with Gasteiger partial charge in [-0.05, 0) is 31.7 Å². The second kappa shape index (κ2) is 8.16. The predicted octanol–water partition coefficient (Wildman–Crippen LogP) is 4.24. The van der Waals surface area contributed by atoms with Crippen molar-refractivity contribution in [3.05, 3.63) is 35.3 Å². The van der Waals surface area contributed by atoms with Crippen molar-refractivity contribution in [1.82, 2.24) is 14.5 Å². The number of hydrogen-bond acceptors (Lipinski definition) is 5. The van der Waals surface area contributed by atoms with E-state index in [9.17, 15) is 17.6 Å². The molecule has 1 aliphatic heterocycles. The molecule has 3 N–H and O–H groups in total. The van der Waals surface area contributed by atoms with Gasteiger partial charge in [-0.15, -0.1) is 11.3 Å². The lowest BCUT2D eigenvalue weighted by molar-refractivity contribution is -0.139. The number of halogens is 4. The summed E-state index contributed by atoms with van der Waals surface area (Å²) in [6, 6.07) is 6.43. The second-order valence-electron chi connectivity index (χ2n) is 7.62. The number of anilines is 1. The molecule has 1 saturated heterocycles. The van der Waals surface area contributed by atoms with Crippen LogP contribution in [0.3, 0.4) is 0 Å². The second-order valence-corrected chi connectivity index (χ2v) is 8.74. The third-order valence-electron chi connectivity index (χ3n) is 5.34. The van der Waals surface area contributed by atoms with Crippen LogP contribution in [0.5, 0.6) is 0 Å². The lowest BCUT2D eigenvalue weighted by Crippen LogP contribution is -2.46. The summed E-state index contributed by atoms with van der Waals surface area (Å²) in [6.07, 6.45) is -3.24. The monoisotopic (exact) mass is 441 g/mol. The first kappa shape index (κ1) is 21.1. The topological polar surface area (TPSA) is 59.1 Å². The van der Waals surface area contributed by atoms with Crippen molar-refractivity contribution in [1.29, 1.82) is 0 Å². The molecule has 4 rings (SSSR count). The number of thiazole rings is 1. The van der Waals surface area contributed by atoms with Crippen LogP contribution in [0.25, 0.3) is 21.6 Å². The van der Waals surface area contributed by atoms with E-state index in [1.54, 1.807) is 30.5 Å².